The minimum atomic E-state index is -1.26. The second kappa shape index (κ2) is 13.5. The van der Waals surface area contributed by atoms with Crippen LogP contribution in [0.1, 0.15) is 30.8 Å². The molecule has 0 amide bonds. The Kier molecular flexibility index (Phi) is 9.82. The fraction of sp³-hybridized carbons (Fsp3) is 0.290. The summed E-state index contributed by atoms with van der Waals surface area (Å²) in [5, 5.41) is 17.4. The van der Waals surface area contributed by atoms with Crippen LogP contribution < -0.4 is 10.3 Å². The van der Waals surface area contributed by atoms with E-state index in [2.05, 4.69) is 47.4 Å². The van der Waals surface area contributed by atoms with Crippen LogP contribution >= 0.6 is 11.6 Å². The van der Waals surface area contributed by atoms with Gasteiger partial charge in [0.05, 0.1) is 10.7 Å². The lowest BCUT2D eigenvalue weighted by Crippen LogP contribution is -2.33. The molecule has 4 heterocycles. The molecule has 0 unspecified atom stereocenters. The lowest BCUT2D eigenvalue weighted by atomic mass is 10.1. The van der Waals surface area contributed by atoms with E-state index in [1.54, 1.807) is 29.1 Å². The van der Waals surface area contributed by atoms with Gasteiger partial charge in [-0.3, -0.25) is 19.2 Å². The van der Waals surface area contributed by atoms with Crippen LogP contribution in [0.25, 0.3) is 16.6 Å². The Morgan fingerprint density at radius 2 is 1.79 bits per heavy atom. The average molecular weight is 593 g/mol. The molecule has 1 aliphatic rings. The molecule has 11 heteroatoms. The number of rotatable bonds is 7. The van der Waals surface area contributed by atoms with Crippen LogP contribution in [-0.4, -0.2) is 60.3 Å². The SMILES string of the molecule is Cc1c2n(c3ccc(-n4ccc(OCc5ccc(Cl)cn5)cc4=O)cc13)CCN(C(C)C)CC2.O=C(O)/C=C\C(=O)O. The van der Waals surface area contributed by atoms with Crippen molar-refractivity contribution in [1.29, 1.82) is 0 Å². The van der Waals surface area contributed by atoms with Crippen LogP contribution in [0.4, 0.5) is 0 Å². The number of pyridine rings is 2. The molecule has 0 saturated heterocycles. The van der Waals surface area contributed by atoms with Gasteiger partial charge in [0.15, 0.2) is 0 Å². The van der Waals surface area contributed by atoms with Crippen molar-refractivity contribution in [3.05, 3.63) is 99.3 Å². The van der Waals surface area contributed by atoms with Crippen LogP contribution in [0.15, 0.2) is 71.8 Å². The van der Waals surface area contributed by atoms with E-state index in [-0.39, 0.29) is 12.2 Å². The summed E-state index contributed by atoms with van der Waals surface area (Å²) in [5.41, 5.74) is 5.43. The van der Waals surface area contributed by atoms with Gasteiger partial charge in [0.25, 0.3) is 5.56 Å². The molecule has 220 valence electrons. The highest BCUT2D eigenvalue weighted by atomic mass is 35.5. The van der Waals surface area contributed by atoms with E-state index < -0.39 is 11.9 Å². The van der Waals surface area contributed by atoms with Crippen molar-refractivity contribution in [2.45, 2.75) is 46.4 Å². The van der Waals surface area contributed by atoms with Gasteiger partial charge >= 0.3 is 11.9 Å². The highest BCUT2D eigenvalue weighted by molar-refractivity contribution is 6.30. The summed E-state index contributed by atoms with van der Waals surface area (Å²) in [6, 6.07) is 13.8. The molecule has 2 N–H and O–H groups in total. The normalized spacial score (nSPS) is 13.5. The first-order valence-electron chi connectivity index (χ1n) is 13.5. The lowest BCUT2D eigenvalue weighted by Gasteiger charge is -2.23. The quantitative estimate of drug-likeness (QED) is 0.296. The minimum absolute atomic E-state index is 0.132. The molecule has 42 heavy (non-hydrogen) atoms. The average Bonchev–Trinajstić information content (AvgIpc) is 3.08. The number of carboxylic acids is 2. The first-order valence-corrected chi connectivity index (χ1v) is 13.9. The predicted octanol–water partition coefficient (Wildman–Crippen LogP) is 4.71. The fourth-order valence-corrected chi connectivity index (χ4v) is 5.06. The molecule has 4 aromatic rings. The van der Waals surface area contributed by atoms with Crippen LogP contribution in [0.5, 0.6) is 5.75 Å². The Labute approximate surface area is 248 Å². The first kappa shape index (κ1) is 30.5. The number of aromatic nitrogens is 3. The van der Waals surface area contributed by atoms with E-state index in [0.717, 1.165) is 37.4 Å². The third kappa shape index (κ3) is 7.45. The number of carbonyl (C=O) groups is 2. The fourth-order valence-electron chi connectivity index (χ4n) is 4.95. The number of aryl methyl sites for hydroxylation is 1. The van der Waals surface area contributed by atoms with Crippen LogP contribution in [0, 0.1) is 6.92 Å². The van der Waals surface area contributed by atoms with Gasteiger partial charge in [0.2, 0.25) is 0 Å². The molecule has 1 aliphatic heterocycles. The van der Waals surface area contributed by atoms with E-state index in [0.29, 0.717) is 29.0 Å². The summed E-state index contributed by atoms with van der Waals surface area (Å²) in [6.07, 6.45) is 5.51. The summed E-state index contributed by atoms with van der Waals surface area (Å²) < 4.78 is 9.88. The van der Waals surface area contributed by atoms with E-state index in [9.17, 15) is 14.4 Å². The van der Waals surface area contributed by atoms with Crippen molar-refractivity contribution >= 4 is 34.4 Å². The Morgan fingerprint density at radius 3 is 2.40 bits per heavy atom. The largest absolute Gasteiger partial charge is 0.487 e. The van der Waals surface area contributed by atoms with Crippen LogP contribution in [-0.2, 0) is 29.2 Å². The summed E-state index contributed by atoms with van der Waals surface area (Å²) >= 11 is 5.87. The first-order chi connectivity index (χ1) is 20.0. The second-order valence-electron chi connectivity index (χ2n) is 10.1. The summed E-state index contributed by atoms with van der Waals surface area (Å²) in [7, 11) is 0. The molecular weight excluding hydrogens is 560 g/mol. The summed E-state index contributed by atoms with van der Waals surface area (Å²) in [5.74, 6) is -2.00. The molecule has 0 spiro atoms. The van der Waals surface area contributed by atoms with Crippen molar-refractivity contribution < 1.29 is 24.5 Å². The Bertz CT molecular complexity index is 1660. The predicted molar refractivity (Wildman–Crippen MR) is 161 cm³/mol. The van der Waals surface area contributed by atoms with Crippen molar-refractivity contribution in [3.8, 4) is 11.4 Å². The van der Waals surface area contributed by atoms with Gasteiger partial charge in [-0.2, -0.15) is 0 Å². The van der Waals surface area contributed by atoms with Gasteiger partial charge < -0.3 is 19.5 Å². The molecule has 0 fully saturated rings. The second-order valence-corrected chi connectivity index (χ2v) is 10.6. The van der Waals surface area contributed by atoms with Crippen molar-refractivity contribution in [1.82, 2.24) is 19.0 Å². The molecule has 0 saturated carbocycles. The number of aliphatic carboxylic acids is 2. The Balaban J connectivity index is 0.000000446. The van der Waals surface area contributed by atoms with Gasteiger partial charge in [-0.05, 0) is 62.7 Å². The number of carboxylic acid groups (broad SMARTS) is 2. The van der Waals surface area contributed by atoms with Crippen LogP contribution in [0.3, 0.4) is 0 Å². The maximum atomic E-state index is 12.9. The highest BCUT2D eigenvalue weighted by Crippen LogP contribution is 2.30. The summed E-state index contributed by atoms with van der Waals surface area (Å²) in [6.45, 7) is 10.1. The molecule has 0 bridgehead atoms. The molecule has 0 aliphatic carbocycles. The Hall–Kier alpha value is -4.41. The van der Waals surface area contributed by atoms with Gasteiger partial charge in [0.1, 0.15) is 12.4 Å². The number of halogens is 1. The van der Waals surface area contributed by atoms with Gasteiger partial charge in [-0.15, -0.1) is 0 Å². The molecule has 0 atom stereocenters. The molecule has 0 radical (unpaired) electrons. The zero-order valence-electron chi connectivity index (χ0n) is 23.7. The maximum absolute atomic E-state index is 12.9. The van der Waals surface area contributed by atoms with Crippen molar-refractivity contribution in [2.24, 2.45) is 0 Å². The number of hydrogen-bond acceptors (Lipinski definition) is 6. The smallest absolute Gasteiger partial charge is 0.328 e. The maximum Gasteiger partial charge on any atom is 0.328 e. The van der Waals surface area contributed by atoms with Crippen LogP contribution in [0.2, 0.25) is 5.02 Å². The number of fused-ring (bicyclic) bond motifs is 3. The number of ether oxygens (including phenoxy) is 1. The zero-order valence-corrected chi connectivity index (χ0v) is 24.4. The van der Waals surface area contributed by atoms with Crippen molar-refractivity contribution in [2.75, 3.05) is 13.1 Å². The lowest BCUT2D eigenvalue weighted by molar-refractivity contribution is -0.134. The monoisotopic (exact) mass is 592 g/mol. The standard InChI is InChI=1S/C27H29ClN4O2.C4H4O4/c1-18(2)30-10-9-25-19(3)24-14-22(6-7-26(24)32(25)13-12-30)31-11-8-23(15-27(31)33)34-17-21-5-4-20(28)16-29-21;5-3(6)1-2-4(7)8/h4-8,11,14-16,18H,9-10,12-13,17H2,1-3H3;1-2H,(H,5,6)(H,7,8)/b;2-1-. The zero-order chi connectivity index (χ0) is 30.4. The third-order valence-corrected chi connectivity index (χ3v) is 7.35. The third-order valence-electron chi connectivity index (χ3n) is 7.12. The minimum Gasteiger partial charge on any atom is -0.487 e. The highest BCUT2D eigenvalue weighted by Gasteiger charge is 2.21. The topological polar surface area (TPSA) is 127 Å². The molecular formula is C31H33ClN4O6. The van der Waals surface area contributed by atoms with Gasteiger partial charge in [0, 0.05) is 85.0 Å². The van der Waals surface area contributed by atoms with Crippen molar-refractivity contribution in [3.63, 3.8) is 0 Å². The van der Waals surface area contributed by atoms with E-state index in [1.807, 2.05) is 12.1 Å². The van der Waals surface area contributed by atoms with E-state index >= 15 is 0 Å². The Morgan fingerprint density at radius 1 is 1.05 bits per heavy atom. The molecule has 3 aromatic heterocycles. The molecule has 1 aromatic carbocycles. The summed E-state index contributed by atoms with van der Waals surface area (Å²) in [4.78, 5) is 38.8. The van der Waals surface area contributed by atoms with E-state index in [4.69, 9.17) is 26.6 Å². The van der Waals surface area contributed by atoms with Gasteiger partial charge in [-0.1, -0.05) is 11.6 Å². The van der Waals surface area contributed by atoms with E-state index in [1.165, 1.54) is 28.2 Å². The molecule has 5 rings (SSSR count). The molecule has 10 nitrogen and oxygen atoms in total. The number of nitrogens with zero attached hydrogens (tertiary/aromatic N) is 4. The van der Waals surface area contributed by atoms with Gasteiger partial charge in [-0.25, -0.2) is 9.59 Å². The number of hydrogen-bond donors (Lipinski definition) is 2. The number of benzene rings is 1.